The molecule has 0 bridgehead atoms. The van der Waals surface area contributed by atoms with Gasteiger partial charge in [-0.25, -0.2) is 8.42 Å². The van der Waals surface area contributed by atoms with E-state index in [1.54, 1.807) is 18.2 Å². The number of hydrogen-bond acceptors (Lipinski definition) is 5. The maximum absolute atomic E-state index is 12.9. The molecule has 1 N–H and O–H groups in total. The third-order valence-corrected chi connectivity index (χ3v) is 5.94. The smallest absolute Gasteiger partial charge is 0.265 e. The number of Topliss-reactive ketones (excluding diaryl/α,β-unsaturated/α-hetero) is 1. The molecule has 0 unspecified atom stereocenters. The third-order valence-electron chi connectivity index (χ3n) is 3.80. The van der Waals surface area contributed by atoms with Crippen LogP contribution in [0.5, 0.6) is 11.5 Å². The van der Waals surface area contributed by atoms with Crippen LogP contribution >= 0.6 is 27.5 Å². The van der Waals surface area contributed by atoms with E-state index < -0.39 is 10.0 Å². The molecule has 0 spiro atoms. The number of ether oxygens (including phenoxy) is 2. The molecule has 6 nitrogen and oxygen atoms in total. The molecule has 2 aromatic rings. The van der Waals surface area contributed by atoms with E-state index >= 15 is 0 Å². The lowest BCUT2D eigenvalue weighted by Gasteiger charge is -2.15. The summed E-state index contributed by atoms with van der Waals surface area (Å²) >= 11 is 9.35. The maximum Gasteiger partial charge on any atom is 0.265 e. The molecule has 0 saturated carbocycles. The molecular weight excluding hydrogens is 446 g/mol. The molecule has 0 atom stereocenters. The molecule has 1 aliphatic rings. The molecule has 3 rings (SSSR count). The Morgan fingerprint density at radius 1 is 1.27 bits per heavy atom. The van der Waals surface area contributed by atoms with Gasteiger partial charge in [-0.15, -0.1) is 0 Å². The summed E-state index contributed by atoms with van der Waals surface area (Å²) < 4.78 is 39.5. The highest BCUT2D eigenvalue weighted by Gasteiger charge is 2.26. The molecule has 0 amide bonds. The number of hydrogen-bond donors (Lipinski definition) is 1. The Labute approximate surface area is 164 Å². The van der Waals surface area contributed by atoms with Crippen LogP contribution in [-0.2, 0) is 21.2 Å². The number of benzene rings is 2. The van der Waals surface area contributed by atoms with Gasteiger partial charge in [0.15, 0.2) is 0 Å². The summed E-state index contributed by atoms with van der Waals surface area (Å²) in [5.74, 6) is 0.638. The van der Waals surface area contributed by atoms with Crippen LogP contribution in [0.2, 0.25) is 5.02 Å². The van der Waals surface area contributed by atoms with Gasteiger partial charge >= 0.3 is 0 Å². The van der Waals surface area contributed by atoms with Gasteiger partial charge in [-0.2, -0.15) is 0 Å². The van der Waals surface area contributed by atoms with Gasteiger partial charge < -0.3 is 9.47 Å². The van der Waals surface area contributed by atoms with Gasteiger partial charge in [0.25, 0.3) is 10.0 Å². The molecule has 2 aromatic carbocycles. The van der Waals surface area contributed by atoms with Crippen molar-refractivity contribution in [3.05, 3.63) is 45.4 Å². The van der Waals surface area contributed by atoms with E-state index in [4.69, 9.17) is 21.1 Å². The van der Waals surface area contributed by atoms with Crippen LogP contribution in [-0.4, -0.2) is 27.9 Å². The lowest BCUT2D eigenvalue weighted by molar-refractivity contribution is -0.118. The molecule has 0 radical (unpaired) electrons. The van der Waals surface area contributed by atoms with Crippen LogP contribution in [0.1, 0.15) is 12.0 Å². The van der Waals surface area contributed by atoms with Crippen molar-refractivity contribution in [2.24, 2.45) is 0 Å². The summed E-state index contributed by atoms with van der Waals surface area (Å²) in [4.78, 5) is 11.8. The van der Waals surface area contributed by atoms with E-state index in [9.17, 15) is 13.2 Å². The first-order chi connectivity index (χ1) is 12.3. The maximum atomic E-state index is 12.9. The predicted octanol–water partition coefficient (Wildman–Crippen LogP) is 3.81. The minimum atomic E-state index is -3.96. The Balaban J connectivity index is 2.02. The molecular formula is C17H15BrClNO5S. The summed E-state index contributed by atoms with van der Waals surface area (Å²) in [5.41, 5.74) is 0.823. The van der Waals surface area contributed by atoms with Crippen LogP contribution < -0.4 is 14.2 Å². The van der Waals surface area contributed by atoms with Crippen molar-refractivity contribution >= 4 is 49.0 Å². The van der Waals surface area contributed by atoms with E-state index in [0.717, 1.165) is 0 Å². The van der Waals surface area contributed by atoms with Gasteiger partial charge in [-0.1, -0.05) is 27.5 Å². The lowest BCUT2D eigenvalue weighted by atomic mass is 10.1. The van der Waals surface area contributed by atoms with Gasteiger partial charge in [0.1, 0.15) is 22.2 Å². The van der Waals surface area contributed by atoms with Gasteiger partial charge in [-0.05, 0) is 30.3 Å². The van der Waals surface area contributed by atoms with Gasteiger partial charge in [0, 0.05) is 22.9 Å². The molecule has 0 aliphatic carbocycles. The van der Waals surface area contributed by atoms with Gasteiger partial charge in [0.05, 0.1) is 24.4 Å². The SMILES string of the molecule is COc1ccc(NS(=O)(=O)c2cc(Br)cc3c2OCCC(=O)C3)cc1Cl. The first-order valence-electron chi connectivity index (χ1n) is 7.63. The molecule has 9 heteroatoms. The number of nitrogens with one attached hydrogen (secondary N) is 1. The molecule has 1 heterocycles. The third kappa shape index (κ3) is 3.97. The van der Waals surface area contributed by atoms with Crippen LogP contribution in [0.3, 0.4) is 0 Å². The first-order valence-corrected chi connectivity index (χ1v) is 10.3. The number of anilines is 1. The zero-order chi connectivity index (χ0) is 18.9. The van der Waals surface area contributed by atoms with E-state index in [1.807, 2.05) is 0 Å². The Hall–Kier alpha value is -1.77. The highest BCUT2D eigenvalue weighted by Crippen LogP contribution is 2.36. The number of fused-ring (bicyclic) bond motifs is 1. The van der Waals surface area contributed by atoms with Crippen molar-refractivity contribution in [2.45, 2.75) is 17.7 Å². The molecule has 0 saturated heterocycles. The van der Waals surface area contributed by atoms with E-state index in [0.29, 0.717) is 15.8 Å². The number of methoxy groups -OCH3 is 1. The monoisotopic (exact) mass is 459 g/mol. The average Bonchev–Trinajstić information content (AvgIpc) is 2.74. The highest BCUT2D eigenvalue weighted by molar-refractivity contribution is 9.10. The minimum absolute atomic E-state index is 0.0000864. The van der Waals surface area contributed by atoms with Crippen LogP contribution in [0.4, 0.5) is 5.69 Å². The number of halogens is 2. The largest absolute Gasteiger partial charge is 0.495 e. The minimum Gasteiger partial charge on any atom is -0.495 e. The second-order valence-electron chi connectivity index (χ2n) is 5.66. The van der Waals surface area contributed by atoms with Crippen molar-refractivity contribution in [3.8, 4) is 11.5 Å². The summed E-state index contributed by atoms with van der Waals surface area (Å²) in [6, 6.07) is 7.71. The van der Waals surface area contributed by atoms with Crippen molar-refractivity contribution in [2.75, 3.05) is 18.4 Å². The molecule has 26 heavy (non-hydrogen) atoms. The van der Waals surface area contributed by atoms with Crippen molar-refractivity contribution in [1.29, 1.82) is 0 Å². The Morgan fingerprint density at radius 2 is 2.04 bits per heavy atom. The predicted molar refractivity (Wildman–Crippen MR) is 102 cm³/mol. The second kappa shape index (κ2) is 7.46. The Kier molecular flexibility index (Phi) is 5.45. The second-order valence-corrected chi connectivity index (χ2v) is 8.63. The van der Waals surface area contributed by atoms with Gasteiger partial charge in [-0.3, -0.25) is 9.52 Å². The average molecular weight is 461 g/mol. The first kappa shape index (κ1) is 19.0. The van der Waals surface area contributed by atoms with E-state index in [1.165, 1.54) is 19.2 Å². The highest BCUT2D eigenvalue weighted by atomic mass is 79.9. The Morgan fingerprint density at radius 3 is 2.73 bits per heavy atom. The van der Waals surface area contributed by atoms with E-state index in [-0.39, 0.29) is 46.6 Å². The number of carbonyl (C=O) groups is 1. The summed E-state index contributed by atoms with van der Waals surface area (Å²) in [6.07, 6.45) is 0.374. The summed E-state index contributed by atoms with van der Waals surface area (Å²) in [5, 5.41) is 0.280. The topological polar surface area (TPSA) is 81.7 Å². The molecule has 0 aromatic heterocycles. The van der Waals surface area contributed by atoms with Gasteiger partial charge in [0.2, 0.25) is 0 Å². The molecule has 138 valence electrons. The molecule has 1 aliphatic heterocycles. The van der Waals surface area contributed by atoms with Crippen LogP contribution in [0.15, 0.2) is 39.7 Å². The van der Waals surface area contributed by atoms with Crippen LogP contribution in [0, 0.1) is 0 Å². The quantitative estimate of drug-likeness (QED) is 0.750. The van der Waals surface area contributed by atoms with E-state index in [2.05, 4.69) is 20.7 Å². The number of sulfonamides is 1. The summed E-state index contributed by atoms with van der Waals surface area (Å²) in [7, 11) is -2.49. The number of carbonyl (C=O) groups excluding carboxylic acids is 1. The normalized spacial score (nSPS) is 14.2. The number of rotatable bonds is 4. The fourth-order valence-electron chi connectivity index (χ4n) is 2.63. The Bertz CT molecular complexity index is 977. The number of ketones is 1. The molecule has 0 fully saturated rings. The lowest BCUT2D eigenvalue weighted by Crippen LogP contribution is -2.15. The van der Waals surface area contributed by atoms with Crippen molar-refractivity contribution < 1.29 is 22.7 Å². The zero-order valence-electron chi connectivity index (χ0n) is 13.7. The summed E-state index contributed by atoms with van der Waals surface area (Å²) in [6.45, 7) is 0.143. The zero-order valence-corrected chi connectivity index (χ0v) is 16.9. The van der Waals surface area contributed by atoms with Crippen molar-refractivity contribution in [1.82, 2.24) is 0 Å². The fraction of sp³-hybridized carbons (Fsp3) is 0.235. The standard InChI is InChI=1S/C17H15BrClNO5S/c1-24-15-3-2-12(9-14(15)19)20-26(22,23)16-8-11(18)6-10-7-13(21)4-5-25-17(10)16/h2-3,6,8-9,20H,4-5,7H2,1H3. The fourth-order valence-corrected chi connectivity index (χ4v) is 4.80. The van der Waals surface area contributed by atoms with Crippen molar-refractivity contribution in [3.63, 3.8) is 0 Å². The van der Waals surface area contributed by atoms with Crippen LogP contribution in [0.25, 0.3) is 0 Å².